The maximum Gasteiger partial charge on any atom is 0.255 e. The second kappa shape index (κ2) is 7.74. The zero-order chi connectivity index (χ0) is 18.7. The summed E-state index contributed by atoms with van der Waals surface area (Å²) < 4.78 is 5.13. The first-order valence-corrected chi connectivity index (χ1v) is 9.25. The first-order valence-electron chi connectivity index (χ1n) is 8.44. The van der Waals surface area contributed by atoms with Crippen molar-refractivity contribution < 1.29 is 18.8 Å². The molecule has 1 fully saturated rings. The Balaban J connectivity index is 1.58. The van der Waals surface area contributed by atoms with Gasteiger partial charge < -0.3 is 20.4 Å². The summed E-state index contributed by atoms with van der Waals surface area (Å²) in [7, 11) is 0. The molecule has 3 N–H and O–H groups in total. The molecule has 138 valence electrons. The lowest BCUT2D eigenvalue weighted by molar-refractivity contribution is -0.120. The van der Waals surface area contributed by atoms with Crippen LogP contribution < -0.4 is 16.0 Å². The molecule has 2 aromatic rings. The summed E-state index contributed by atoms with van der Waals surface area (Å²) >= 11 is 1.38. The van der Waals surface area contributed by atoms with Crippen LogP contribution in [0.4, 0.5) is 5.00 Å². The van der Waals surface area contributed by atoms with Crippen molar-refractivity contribution in [2.45, 2.75) is 33.2 Å². The molecule has 0 spiro atoms. The van der Waals surface area contributed by atoms with Crippen molar-refractivity contribution >= 4 is 34.1 Å². The molecule has 7 nitrogen and oxygen atoms in total. The quantitative estimate of drug-likeness (QED) is 0.691. The van der Waals surface area contributed by atoms with Crippen LogP contribution in [0.5, 0.6) is 0 Å². The highest BCUT2D eigenvalue weighted by Crippen LogP contribution is 2.35. The molecule has 2 aromatic heterocycles. The summed E-state index contributed by atoms with van der Waals surface area (Å²) in [5.41, 5.74) is 1.25. The number of amides is 3. The minimum atomic E-state index is -0.369. The van der Waals surface area contributed by atoms with Crippen LogP contribution in [0, 0.1) is 19.8 Å². The molecule has 0 radical (unpaired) electrons. The van der Waals surface area contributed by atoms with Gasteiger partial charge in [-0.05, 0) is 44.4 Å². The van der Waals surface area contributed by atoms with E-state index in [4.69, 9.17) is 4.42 Å². The first kappa shape index (κ1) is 18.2. The van der Waals surface area contributed by atoms with Gasteiger partial charge in [-0.25, -0.2) is 0 Å². The highest BCUT2D eigenvalue weighted by molar-refractivity contribution is 7.16. The maximum atomic E-state index is 12.5. The van der Waals surface area contributed by atoms with Crippen molar-refractivity contribution in [3.8, 4) is 0 Å². The van der Waals surface area contributed by atoms with Crippen LogP contribution in [0.25, 0.3) is 0 Å². The third kappa shape index (κ3) is 4.32. The molecule has 2 heterocycles. The fourth-order valence-electron chi connectivity index (χ4n) is 2.46. The number of carbonyl (C=O) groups excluding carboxylic acids is 3. The van der Waals surface area contributed by atoms with Gasteiger partial charge in [-0.1, -0.05) is 0 Å². The third-order valence-corrected chi connectivity index (χ3v) is 5.37. The molecule has 3 amide bonds. The Labute approximate surface area is 155 Å². The van der Waals surface area contributed by atoms with E-state index in [9.17, 15) is 14.4 Å². The molecule has 0 aromatic carbocycles. The van der Waals surface area contributed by atoms with E-state index in [0.29, 0.717) is 16.3 Å². The third-order valence-electron chi connectivity index (χ3n) is 4.25. The number of hydrogen-bond acceptors (Lipinski definition) is 5. The fourth-order valence-corrected chi connectivity index (χ4v) is 3.52. The Kier molecular flexibility index (Phi) is 5.41. The Morgan fingerprint density at radius 1 is 1.23 bits per heavy atom. The van der Waals surface area contributed by atoms with E-state index in [0.717, 1.165) is 23.3 Å². The van der Waals surface area contributed by atoms with Crippen LogP contribution in [0.1, 0.15) is 39.4 Å². The lowest BCUT2D eigenvalue weighted by Gasteiger charge is -2.09. The number of hydrogen-bond donors (Lipinski definition) is 3. The number of furan rings is 1. The van der Waals surface area contributed by atoms with Crippen LogP contribution in [-0.4, -0.2) is 24.3 Å². The smallest absolute Gasteiger partial charge is 0.255 e. The lowest BCUT2D eigenvalue weighted by atomic mass is 10.1. The number of anilines is 1. The van der Waals surface area contributed by atoms with Crippen molar-refractivity contribution in [1.82, 2.24) is 10.6 Å². The van der Waals surface area contributed by atoms with Crippen molar-refractivity contribution in [2.75, 3.05) is 11.9 Å². The molecule has 1 aliphatic rings. The summed E-state index contributed by atoms with van der Waals surface area (Å²) in [6.45, 7) is 3.86. The topological polar surface area (TPSA) is 100 Å². The van der Waals surface area contributed by atoms with Crippen molar-refractivity contribution in [3.05, 3.63) is 40.2 Å². The molecular formula is C18H21N3O4S. The molecule has 0 atom stereocenters. The van der Waals surface area contributed by atoms with Gasteiger partial charge in [0.15, 0.2) is 0 Å². The van der Waals surface area contributed by atoms with Gasteiger partial charge in [-0.15, -0.1) is 11.3 Å². The second-order valence-electron chi connectivity index (χ2n) is 6.29. The summed E-state index contributed by atoms with van der Waals surface area (Å²) in [5, 5.41) is 8.68. The Hall–Kier alpha value is -2.61. The van der Waals surface area contributed by atoms with Crippen LogP contribution in [0.15, 0.2) is 22.8 Å². The molecule has 26 heavy (non-hydrogen) atoms. The van der Waals surface area contributed by atoms with Gasteiger partial charge in [0.05, 0.1) is 24.9 Å². The molecule has 1 saturated carbocycles. The average Bonchev–Trinajstić information content (AvgIpc) is 3.27. The number of rotatable bonds is 7. The molecule has 1 aliphatic carbocycles. The van der Waals surface area contributed by atoms with Crippen LogP contribution in [0.2, 0.25) is 0 Å². The zero-order valence-corrected chi connectivity index (χ0v) is 15.5. The minimum absolute atomic E-state index is 0.0449. The van der Waals surface area contributed by atoms with Crippen molar-refractivity contribution in [1.29, 1.82) is 0 Å². The summed E-state index contributed by atoms with van der Waals surface area (Å²) in [4.78, 5) is 37.4. The van der Waals surface area contributed by atoms with Crippen LogP contribution >= 0.6 is 11.3 Å². The number of nitrogens with one attached hydrogen (secondary N) is 3. The van der Waals surface area contributed by atoms with E-state index in [1.165, 1.54) is 17.6 Å². The zero-order valence-electron chi connectivity index (χ0n) is 14.7. The largest absolute Gasteiger partial charge is 0.467 e. The highest BCUT2D eigenvalue weighted by Gasteiger charge is 2.31. The van der Waals surface area contributed by atoms with E-state index in [1.54, 1.807) is 12.1 Å². The average molecular weight is 375 g/mol. The van der Waals surface area contributed by atoms with Gasteiger partial charge in [0.25, 0.3) is 5.91 Å². The molecule has 3 rings (SSSR count). The van der Waals surface area contributed by atoms with Crippen LogP contribution in [-0.2, 0) is 16.1 Å². The predicted octanol–water partition coefficient (Wildman–Crippen LogP) is 2.35. The van der Waals surface area contributed by atoms with Gasteiger partial charge in [-0.2, -0.15) is 0 Å². The molecule has 0 saturated heterocycles. The van der Waals surface area contributed by atoms with E-state index < -0.39 is 0 Å². The molecule has 8 heteroatoms. The Bertz CT molecular complexity index is 822. The molecule has 0 aliphatic heterocycles. The SMILES string of the molecule is Cc1sc(NC(=O)C2CC2)c(C(=O)NCC(=O)NCc2ccco2)c1C. The van der Waals surface area contributed by atoms with Gasteiger partial charge >= 0.3 is 0 Å². The molecular weight excluding hydrogens is 354 g/mol. The minimum Gasteiger partial charge on any atom is -0.467 e. The summed E-state index contributed by atoms with van der Waals surface area (Å²) in [6, 6.07) is 3.49. The molecule has 0 unspecified atom stereocenters. The second-order valence-corrected chi connectivity index (χ2v) is 7.51. The normalized spacial score (nSPS) is 13.3. The van der Waals surface area contributed by atoms with E-state index in [-0.39, 0.29) is 36.7 Å². The monoisotopic (exact) mass is 375 g/mol. The first-order chi connectivity index (χ1) is 12.5. The summed E-state index contributed by atoms with van der Waals surface area (Å²) in [6.07, 6.45) is 3.32. The fraction of sp³-hybridized carbons (Fsp3) is 0.389. The maximum absolute atomic E-state index is 12.5. The number of carbonyl (C=O) groups is 3. The number of aryl methyl sites for hydroxylation is 1. The lowest BCUT2D eigenvalue weighted by Crippen LogP contribution is -2.37. The number of thiophene rings is 1. The van der Waals surface area contributed by atoms with E-state index in [2.05, 4.69) is 16.0 Å². The predicted molar refractivity (Wildman–Crippen MR) is 98.0 cm³/mol. The van der Waals surface area contributed by atoms with Gasteiger partial charge in [0.1, 0.15) is 10.8 Å². The van der Waals surface area contributed by atoms with Crippen molar-refractivity contribution in [2.24, 2.45) is 5.92 Å². The van der Waals surface area contributed by atoms with E-state index in [1.807, 2.05) is 13.8 Å². The van der Waals surface area contributed by atoms with Gasteiger partial charge in [-0.3, -0.25) is 14.4 Å². The van der Waals surface area contributed by atoms with Gasteiger partial charge in [0.2, 0.25) is 11.8 Å². The van der Waals surface area contributed by atoms with E-state index >= 15 is 0 Å². The summed E-state index contributed by atoms with van der Waals surface area (Å²) in [5.74, 6) is -0.0365. The molecule has 0 bridgehead atoms. The standard InChI is InChI=1S/C18H21N3O4S/c1-10-11(2)26-18(21-16(23)12-5-6-12)15(10)17(24)20-9-14(22)19-8-13-4-3-7-25-13/h3-4,7,12H,5-6,8-9H2,1-2H3,(H,19,22)(H,20,24)(H,21,23). The Morgan fingerprint density at radius 2 is 2.00 bits per heavy atom. The highest BCUT2D eigenvalue weighted by atomic mass is 32.1. The Morgan fingerprint density at radius 3 is 2.65 bits per heavy atom. The van der Waals surface area contributed by atoms with Crippen molar-refractivity contribution in [3.63, 3.8) is 0 Å². The van der Waals surface area contributed by atoms with Crippen LogP contribution in [0.3, 0.4) is 0 Å². The van der Waals surface area contributed by atoms with Gasteiger partial charge in [0, 0.05) is 10.8 Å².